The lowest BCUT2D eigenvalue weighted by Crippen LogP contribution is -2.19. The number of pyridine rings is 1. The summed E-state index contributed by atoms with van der Waals surface area (Å²) in [6.07, 6.45) is 1.59. The molecule has 0 amide bonds. The van der Waals surface area contributed by atoms with Crippen molar-refractivity contribution in [3.63, 3.8) is 0 Å². The fraction of sp³-hybridized carbons (Fsp3) is 0.455. The third-order valence-corrected chi connectivity index (χ3v) is 1.99. The normalized spacial score (nSPS) is 11.2. The van der Waals surface area contributed by atoms with Crippen LogP contribution in [-0.4, -0.2) is 22.7 Å². The Morgan fingerprint density at radius 2 is 2.19 bits per heavy atom. The number of aliphatic carboxylic acids is 1. The SMILES string of the molecule is CC(C)(C)c1nccc(N)c1OCC(=O)O. The monoisotopic (exact) mass is 224 g/mol. The fourth-order valence-electron chi connectivity index (χ4n) is 1.28. The maximum Gasteiger partial charge on any atom is 0.341 e. The van der Waals surface area contributed by atoms with Crippen LogP contribution < -0.4 is 10.5 Å². The number of nitrogen functional groups attached to an aromatic ring is 1. The Morgan fingerprint density at radius 3 is 2.69 bits per heavy atom. The minimum atomic E-state index is -1.04. The van der Waals surface area contributed by atoms with Gasteiger partial charge in [-0.15, -0.1) is 0 Å². The summed E-state index contributed by atoms with van der Waals surface area (Å²) in [5.74, 6) is -0.680. The summed E-state index contributed by atoms with van der Waals surface area (Å²) >= 11 is 0. The van der Waals surface area contributed by atoms with Crippen molar-refractivity contribution in [2.24, 2.45) is 0 Å². The number of nitrogens with two attached hydrogens (primary N) is 1. The van der Waals surface area contributed by atoms with Gasteiger partial charge in [0, 0.05) is 11.6 Å². The summed E-state index contributed by atoms with van der Waals surface area (Å²) in [6.45, 7) is 5.46. The smallest absolute Gasteiger partial charge is 0.341 e. The van der Waals surface area contributed by atoms with Crippen molar-refractivity contribution in [2.45, 2.75) is 26.2 Å². The van der Waals surface area contributed by atoms with Crippen molar-refractivity contribution < 1.29 is 14.6 Å². The predicted octanol–water partition coefficient (Wildman–Crippen LogP) is 1.42. The summed E-state index contributed by atoms with van der Waals surface area (Å²) in [7, 11) is 0. The Hall–Kier alpha value is -1.78. The van der Waals surface area contributed by atoms with E-state index in [0.29, 0.717) is 17.1 Å². The third kappa shape index (κ3) is 2.85. The molecule has 0 saturated carbocycles. The molecular weight excluding hydrogens is 208 g/mol. The molecule has 3 N–H and O–H groups in total. The van der Waals surface area contributed by atoms with Gasteiger partial charge in [0.15, 0.2) is 12.4 Å². The molecule has 0 aliphatic carbocycles. The van der Waals surface area contributed by atoms with Gasteiger partial charge in [0.25, 0.3) is 0 Å². The molecule has 1 heterocycles. The average Bonchev–Trinajstić information content (AvgIpc) is 2.13. The van der Waals surface area contributed by atoms with Crippen LogP contribution in [0.4, 0.5) is 5.69 Å². The van der Waals surface area contributed by atoms with Crippen LogP contribution >= 0.6 is 0 Å². The highest BCUT2D eigenvalue weighted by molar-refractivity contribution is 5.69. The first-order valence-electron chi connectivity index (χ1n) is 4.92. The largest absolute Gasteiger partial charge is 0.479 e. The zero-order valence-electron chi connectivity index (χ0n) is 9.65. The Morgan fingerprint density at radius 1 is 1.56 bits per heavy atom. The maximum atomic E-state index is 10.5. The molecule has 1 aromatic rings. The highest BCUT2D eigenvalue weighted by Crippen LogP contribution is 2.33. The first kappa shape index (κ1) is 12.3. The molecule has 0 spiro atoms. The van der Waals surface area contributed by atoms with Crippen LogP contribution in [0.25, 0.3) is 0 Å². The van der Waals surface area contributed by atoms with Crippen LogP contribution in [0.3, 0.4) is 0 Å². The van der Waals surface area contributed by atoms with E-state index in [1.54, 1.807) is 12.3 Å². The van der Waals surface area contributed by atoms with Gasteiger partial charge in [-0.1, -0.05) is 20.8 Å². The lowest BCUT2D eigenvalue weighted by atomic mass is 9.90. The van der Waals surface area contributed by atoms with Crippen LogP contribution in [0.15, 0.2) is 12.3 Å². The topological polar surface area (TPSA) is 85.4 Å². The minimum absolute atomic E-state index is 0.247. The van der Waals surface area contributed by atoms with Gasteiger partial charge >= 0.3 is 5.97 Å². The maximum absolute atomic E-state index is 10.5. The van der Waals surface area contributed by atoms with Gasteiger partial charge in [-0.2, -0.15) is 0 Å². The quantitative estimate of drug-likeness (QED) is 0.811. The summed E-state index contributed by atoms with van der Waals surface area (Å²) < 4.78 is 5.17. The van der Waals surface area contributed by atoms with E-state index >= 15 is 0 Å². The summed E-state index contributed by atoms with van der Waals surface area (Å²) in [6, 6.07) is 1.59. The fourth-order valence-corrected chi connectivity index (χ4v) is 1.28. The van der Waals surface area contributed by atoms with E-state index < -0.39 is 12.6 Å². The second-order valence-electron chi connectivity index (χ2n) is 4.51. The van der Waals surface area contributed by atoms with Crippen molar-refractivity contribution >= 4 is 11.7 Å². The molecule has 88 valence electrons. The third-order valence-electron chi connectivity index (χ3n) is 1.99. The van der Waals surface area contributed by atoms with Gasteiger partial charge in [-0.05, 0) is 6.07 Å². The molecule has 0 fully saturated rings. The van der Waals surface area contributed by atoms with Crippen LogP contribution in [0.1, 0.15) is 26.5 Å². The number of rotatable bonds is 3. The van der Waals surface area contributed by atoms with Crippen molar-refractivity contribution in [3.05, 3.63) is 18.0 Å². The molecule has 0 bridgehead atoms. The van der Waals surface area contributed by atoms with E-state index in [4.69, 9.17) is 15.6 Å². The van der Waals surface area contributed by atoms with E-state index in [0.717, 1.165) is 0 Å². The van der Waals surface area contributed by atoms with Gasteiger partial charge in [-0.3, -0.25) is 4.98 Å². The van der Waals surface area contributed by atoms with Crippen molar-refractivity contribution in [1.82, 2.24) is 4.98 Å². The van der Waals surface area contributed by atoms with Gasteiger partial charge in [0.2, 0.25) is 0 Å². The highest BCUT2D eigenvalue weighted by atomic mass is 16.5. The first-order valence-corrected chi connectivity index (χ1v) is 4.92. The number of aromatic nitrogens is 1. The molecule has 5 heteroatoms. The molecule has 0 aromatic carbocycles. The molecule has 0 aliphatic rings. The van der Waals surface area contributed by atoms with Crippen LogP contribution in [0.5, 0.6) is 5.75 Å². The van der Waals surface area contributed by atoms with Crippen LogP contribution in [-0.2, 0) is 10.2 Å². The van der Waals surface area contributed by atoms with E-state index in [9.17, 15) is 4.79 Å². The van der Waals surface area contributed by atoms with E-state index in [1.807, 2.05) is 20.8 Å². The lowest BCUT2D eigenvalue weighted by molar-refractivity contribution is -0.139. The average molecular weight is 224 g/mol. The standard InChI is InChI=1S/C11H16N2O3/c1-11(2,3)10-9(16-6-8(14)15)7(12)4-5-13-10/h4-5H,6H2,1-3H3,(H2,12,13)(H,14,15). The van der Waals surface area contributed by atoms with E-state index in [2.05, 4.69) is 4.98 Å². The number of ether oxygens (including phenoxy) is 1. The van der Waals surface area contributed by atoms with E-state index in [1.165, 1.54) is 0 Å². The number of carboxylic acid groups (broad SMARTS) is 1. The number of carboxylic acids is 1. The zero-order chi connectivity index (χ0) is 12.3. The Balaban J connectivity index is 3.09. The molecule has 0 radical (unpaired) electrons. The number of anilines is 1. The number of nitrogens with zero attached hydrogens (tertiary/aromatic N) is 1. The van der Waals surface area contributed by atoms with Gasteiger partial charge in [0.05, 0.1) is 11.4 Å². The highest BCUT2D eigenvalue weighted by Gasteiger charge is 2.22. The van der Waals surface area contributed by atoms with E-state index in [-0.39, 0.29) is 5.41 Å². The van der Waals surface area contributed by atoms with Gasteiger partial charge < -0.3 is 15.6 Å². The predicted molar refractivity (Wildman–Crippen MR) is 60.5 cm³/mol. The van der Waals surface area contributed by atoms with Crippen LogP contribution in [0, 0.1) is 0 Å². The second kappa shape index (κ2) is 4.38. The van der Waals surface area contributed by atoms with Crippen molar-refractivity contribution in [1.29, 1.82) is 0 Å². The second-order valence-corrected chi connectivity index (χ2v) is 4.51. The molecule has 1 aromatic heterocycles. The van der Waals surface area contributed by atoms with Crippen molar-refractivity contribution in [3.8, 4) is 5.75 Å². The molecule has 0 unspecified atom stereocenters. The molecule has 5 nitrogen and oxygen atoms in total. The van der Waals surface area contributed by atoms with Gasteiger partial charge in [-0.25, -0.2) is 4.79 Å². The number of carbonyl (C=O) groups is 1. The summed E-state index contributed by atoms with van der Waals surface area (Å²) in [5.41, 5.74) is 6.56. The Kier molecular flexibility index (Phi) is 3.37. The zero-order valence-corrected chi connectivity index (χ0v) is 9.65. The van der Waals surface area contributed by atoms with Gasteiger partial charge in [0.1, 0.15) is 0 Å². The lowest BCUT2D eigenvalue weighted by Gasteiger charge is -2.21. The molecule has 0 saturated heterocycles. The van der Waals surface area contributed by atoms with Crippen molar-refractivity contribution in [2.75, 3.05) is 12.3 Å². The Labute approximate surface area is 94.2 Å². The minimum Gasteiger partial charge on any atom is -0.479 e. The van der Waals surface area contributed by atoms with Crippen LogP contribution in [0.2, 0.25) is 0 Å². The summed E-state index contributed by atoms with van der Waals surface area (Å²) in [4.78, 5) is 14.6. The molecule has 16 heavy (non-hydrogen) atoms. The summed E-state index contributed by atoms with van der Waals surface area (Å²) in [5, 5.41) is 8.57. The molecule has 1 rings (SSSR count). The first-order chi connectivity index (χ1) is 7.32. The molecule has 0 aliphatic heterocycles. The molecular formula is C11H16N2O3. The Bertz CT molecular complexity index is 397. The number of hydrogen-bond acceptors (Lipinski definition) is 4. The molecule has 0 atom stereocenters. The number of hydrogen-bond donors (Lipinski definition) is 2.